The van der Waals surface area contributed by atoms with E-state index in [2.05, 4.69) is 9.97 Å². The lowest BCUT2D eigenvalue weighted by Crippen LogP contribution is -2.14. The molecule has 0 atom stereocenters. The normalized spacial score (nSPS) is 10.4. The second-order valence-electron chi connectivity index (χ2n) is 4.51. The van der Waals surface area contributed by atoms with Gasteiger partial charge in [0.25, 0.3) is 0 Å². The number of anilines is 1. The molecule has 0 aliphatic carbocycles. The maximum absolute atomic E-state index is 12.9. The van der Waals surface area contributed by atoms with Crippen molar-refractivity contribution in [2.24, 2.45) is 0 Å². The van der Waals surface area contributed by atoms with Crippen LogP contribution in [0, 0.1) is 12.7 Å². The first kappa shape index (κ1) is 14.9. The van der Waals surface area contributed by atoms with E-state index in [0.29, 0.717) is 17.9 Å². The fourth-order valence-electron chi connectivity index (χ4n) is 1.97. The fraction of sp³-hybridized carbons (Fsp3) is 0.267. The topological polar surface area (TPSA) is 78.1 Å². The SMILES string of the molecule is CCOC(=O)c1c(C)nc(Cc2ccc(F)cc2)nc1N. The molecular weight excluding hydrogens is 273 g/mol. The molecule has 0 bridgehead atoms. The van der Waals surface area contributed by atoms with E-state index < -0.39 is 5.97 Å². The van der Waals surface area contributed by atoms with Gasteiger partial charge in [0.15, 0.2) is 0 Å². The van der Waals surface area contributed by atoms with E-state index in [0.717, 1.165) is 5.56 Å². The standard InChI is InChI=1S/C15H16FN3O2/c1-3-21-15(20)13-9(2)18-12(19-14(13)17)8-10-4-6-11(16)7-5-10/h4-7H,3,8H2,1-2H3,(H2,17,18,19). The van der Waals surface area contributed by atoms with E-state index in [4.69, 9.17) is 10.5 Å². The van der Waals surface area contributed by atoms with Gasteiger partial charge in [-0.15, -0.1) is 0 Å². The van der Waals surface area contributed by atoms with Gasteiger partial charge in [-0.3, -0.25) is 0 Å². The van der Waals surface area contributed by atoms with Crippen LogP contribution in [0.1, 0.15) is 34.4 Å². The van der Waals surface area contributed by atoms with E-state index in [1.54, 1.807) is 26.0 Å². The Balaban J connectivity index is 2.27. The van der Waals surface area contributed by atoms with Gasteiger partial charge in [0.05, 0.1) is 12.3 Å². The Bertz CT molecular complexity index is 633. The van der Waals surface area contributed by atoms with Crippen molar-refractivity contribution in [2.45, 2.75) is 20.3 Å². The van der Waals surface area contributed by atoms with Crippen molar-refractivity contribution in [3.05, 3.63) is 52.7 Å². The van der Waals surface area contributed by atoms with Crippen LogP contribution in [0.3, 0.4) is 0 Å². The molecule has 0 unspecified atom stereocenters. The van der Waals surface area contributed by atoms with Crippen LogP contribution in [0.25, 0.3) is 0 Å². The molecule has 0 saturated heterocycles. The predicted octanol–water partition coefficient (Wildman–Crippen LogP) is 2.27. The molecule has 0 aliphatic heterocycles. The Hall–Kier alpha value is -2.50. The third-order valence-electron chi connectivity index (χ3n) is 2.92. The minimum absolute atomic E-state index is 0.0954. The highest BCUT2D eigenvalue weighted by Crippen LogP contribution is 2.16. The van der Waals surface area contributed by atoms with Crippen LogP contribution in [-0.4, -0.2) is 22.5 Å². The number of aromatic nitrogens is 2. The van der Waals surface area contributed by atoms with Gasteiger partial charge in [0.2, 0.25) is 0 Å². The number of benzene rings is 1. The van der Waals surface area contributed by atoms with E-state index in [1.165, 1.54) is 12.1 Å². The average Bonchev–Trinajstić information content (AvgIpc) is 2.41. The number of esters is 1. The first-order chi connectivity index (χ1) is 10.0. The fourth-order valence-corrected chi connectivity index (χ4v) is 1.97. The van der Waals surface area contributed by atoms with Crippen LogP contribution in [0.2, 0.25) is 0 Å². The number of hydrogen-bond donors (Lipinski definition) is 1. The van der Waals surface area contributed by atoms with Gasteiger partial charge < -0.3 is 10.5 Å². The lowest BCUT2D eigenvalue weighted by atomic mass is 10.1. The summed E-state index contributed by atoms with van der Waals surface area (Å²) in [6.45, 7) is 3.65. The van der Waals surface area contributed by atoms with Crippen molar-refractivity contribution in [3.8, 4) is 0 Å². The van der Waals surface area contributed by atoms with E-state index >= 15 is 0 Å². The molecule has 0 radical (unpaired) electrons. The van der Waals surface area contributed by atoms with Gasteiger partial charge in [-0.2, -0.15) is 0 Å². The Morgan fingerprint density at radius 1 is 1.29 bits per heavy atom. The van der Waals surface area contributed by atoms with Gasteiger partial charge in [0.1, 0.15) is 23.0 Å². The molecule has 21 heavy (non-hydrogen) atoms. The average molecular weight is 289 g/mol. The minimum atomic E-state index is -0.527. The van der Waals surface area contributed by atoms with E-state index in [9.17, 15) is 9.18 Å². The van der Waals surface area contributed by atoms with Crippen molar-refractivity contribution in [1.29, 1.82) is 0 Å². The third-order valence-corrected chi connectivity index (χ3v) is 2.92. The molecule has 0 saturated carbocycles. The first-order valence-electron chi connectivity index (χ1n) is 6.55. The number of aryl methyl sites for hydroxylation is 1. The monoisotopic (exact) mass is 289 g/mol. The van der Waals surface area contributed by atoms with Crippen LogP contribution in [0.5, 0.6) is 0 Å². The summed E-state index contributed by atoms with van der Waals surface area (Å²) in [7, 11) is 0. The van der Waals surface area contributed by atoms with Gasteiger partial charge in [0, 0.05) is 6.42 Å². The molecular formula is C15H16FN3O2. The highest BCUT2D eigenvalue weighted by Gasteiger charge is 2.18. The number of ether oxygens (including phenoxy) is 1. The predicted molar refractivity (Wildman–Crippen MR) is 76.3 cm³/mol. The summed E-state index contributed by atoms with van der Waals surface area (Å²) in [4.78, 5) is 20.2. The van der Waals surface area contributed by atoms with Crippen LogP contribution < -0.4 is 5.73 Å². The molecule has 5 nitrogen and oxygen atoms in total. The minimum Gasteiger partial charge on any atom is -0.462 e. The maximum Gasteiger partial charge on any atom is 0.343 e. The van der Waals surface area contributed by atoms with E-state index in [-0.39, 0.29) is 23.8 Å². The second kappa shape index (κ2) is 6.30. The summed E-state index contributed by atoms with van der Waals surface area (Å²) >= 11 is 0. The summed E-state index contributed by atoms with van der Waals surface area (Å²) in [5.74, 6) is -0.253. The number of nitrogens with zero attached hydrogens (tertiary/aromatic N) is 2. The molecule has 6 heteroatoms. The van der Waals surface area contributed by atoms with Crippen molar-refractivity contribution in [3.63, 3.8) is 0 Å². The number of nitrogen functional groups attached to an aromatic ring is 1. The molecule has 2 aromatic rings. The molecule has 2 N–H and O–H groups in total. The quantitative estimate of drug-likeness (QED) is 0.874. The number of hydrogen-bond acceptors (Lipinski definition) is 5. The molecule has 0 amide bonds. The number of carbonyl (C=O) groups is 1. The highest BCUT2D eigenvalue weighted by molar-refractivity contribution is 5.95. The molecule has 2 rings (SSSR count). The summed E-state index contributed by atoms with van der Waals surface area (Å²) in [5.41, 5.74) is 7.34. The zero-order chi connectivity index (χ0) is 15.4. The van der Waals surface area contributed by atoms with Crippen molar-refractivity contribution < 1.29 is 13.9 Å². The van der Waals surface area contributed by atoms with Crippen molar-refractivity contribution in [1.82, 2.24) is 9.97 Å². The van der Waals surface area contributed by atoms with Crippen LogP contribution in [-0.2, 0) is 11.2 Å². The summed E-state index contributed by atoms with van der Waals surface area (Å²) in [6, 6.07) is 6.06. The summed E-state index contributed by atoms with van der Waals surface area (Å²) < 4.78 is 17.8. The number of carbonyl (C=O) groups excluding carboxylic acids is 1. The maximum atomic E-state index is 12.9. The summed E-state index contributed by atoms with van der Waals surface area (Å²) in [5, 5.41) is 0. The lowest BCUT2D eigenvalue weighted by Gasteiger charge is -2.09. The molecule has 0 aliphatic rings. The van der Waals surface area contributed by atoms with Crippen molar-refractivity contribution >= 4 is 11.8 Å². The van der Waals surface area contributed by atoms with Gasteiger partial charge in [-0.25, -0.2) is 19.2 Å². The number of halogens is 1. The molecule has 1 heterocycles. The largest absolute Gasteiger partial charge is 0.462 e. The second-order valence-corrected chi connectivity index (χ2v) is 4.51. The van der Waals surface area contributed by atoms with Gasteiger partial charge >= 0.3 is 5.97 Å². The van der Waals surface area contributed by atoms with Gasteiger partial charge in [-0.1, -0.05) is 12.1 Å². The third kappa shape index (κ3) is 3.53. The van der Waals surface area contributed by atoms with E-state index in [1.807, 2.05) is 0 Å². The Morgan fingerprint density at radius 2 is 1.95 bits per heavy atom. The Labute approximate surface area is 122 Å². The molecule has 1 aromatic carbocycles. The van der Waals surface area contributed by atoms with Crippen LogP contribution >= 0.6 is 0 Å². The van der Waals surface area contributed by atoms with Crippen LogP contribution in [0.15, 0.2) is 24.3 Å². The van der Waals surface area contributed by atoms with Gasteiger partial charge in [-0.05, 0) is 31.5 Å². The zero-order valence-electron chi connectivity index (χ0n) is 11.9. The Kier molecular flexibility index (Phi) is 4.47. The van der Waals surface area contributed by atoms with Crippen LogP contribution in [0.4, 0.5) is 10.2 Å². The smallest absolute Gasteiger partial charge is 0.343 e. The molecule has 1 aromatic heterocycles. The molecule has 0 fully saturated rings. The first-order valence-corrected chi connectivity index (χ1v) is 6.55. The molecule has 0 spiro atoms. The number of nitrogens with two attached hydrogens (primary N) is 1. The number of rotatable bonds is 4. The summed E-state index contributed by atoms with van der Waals surface area (Å²) in [6.07, 6.45) is 0.411. The molecule has 110 valence electrons. The zero-order valence-corrected chi connectivity index (χ0v) is 11.9. The lowest BCUT2D eigenvalue weighted by molar-refractivity contribution is 0.0526. The van der Waals surface area contributed by atoms with Crippen molar-refractivity contribution in [2.75, 3.05) is 12.3 Å². The highest BCUT2D eigenvalue weighted by atomic mass is 19.1. The Morgan fingerprint density at radius 3 is 2.52 bits per heavy atom.